The first-order valence-electron chi connectivity index (χ1n) is 6.66. The number of hydrogen-bond donors (Lipinski definition) is 0. The predicted molar refractivity (Wildman–Crippen MR) is 82.7 cm³/mol. The van der Waals surface area contributed by atoms with Crippen LogP contribution in [0.3, 0.4) is 0 Å². The molecule has 2 aromatic carbocycles. The molecule has 0 atom stereocenters. The second-order valence-corrected chi connectivity index (χ2v) is 4.37. The van der Waals surface area contributed by atoms with E-state index in [1.54, 1.807) is 49.5 Å². The fraction of sp³-hybridized carbons (Fsp3) is 0.125. The van der Waals surface area contributed by atoms with Crippen molar-refractivity contribution in [1.29, 1.82) is 0 Å². The Morgan fingerprint density at radius 1 is 1.18 bits per heavy atom. The van der Waals surface area contributed by atoms with Gasteiger partial charge in [-0.1, -0.05) is 0 Å². The highest BCUT2D eigenvalue weighted by Gasteiger charge is 2.05. The molecule has 0 amide bonds. The molecular formula is C16H14N2O4. The molecule has 2 rings (SSSR count). The van der Waals surface area contributed by atoms with Crippen LogP contribution in [0.2, 0.25) is 0 Å². The van der Waals surface area contributed by atoms with Crippen molar-refractivity contribution in [1.82, 2.24) is 0 Å². The Bertz CT molecular complexity index is 691. The minimum atomic E-state index is -0.449. The van der Waals surface area contributed by atoms with E-state index in [-0.39, 0.29) is 11.7 Å². The van der Waals surface area contributed by atoms with E-state index in [9.17, 15) is 14.9 Å². The van der Waals surface area contributed by atoms with Crippen LogP contribution in [0.15, 0.2) is 53.5 Å². The van der Waals surface area contributed by atoms with Gasteiger partial charge < -0.3 is 4.74 Å². The summed E-state index contributed by atoms with van der Waals surface area (Å²) in [7, 11) is 0. The molecule has 0 fully saturated rings. The van der Waals surface area contributed by atoms with Crippen molar-refractivity contribution in [2.45, 2.75) is 6.92 Å². The molecular weight excluding hydrogens is 284 g/mol. The molecule has 0 aliphatic heterocycles. The van der Waals surface area contributed by atoms with E-state index in [1.807, 2.05) is 0 Å². The normalized spacial score (nSPS) is 10.6. The smallest absolute Gasteiger partial charge is 0.338 e. The molecule has 6 nitrogen and oxygen atoms in total. The third-order valence-corrected chi connectivity index (χ3v) is 2.85. The lowest BCUT2D eigenvalue weighted by atomic mass is 10.2. The van der Waals surface area contributed by atoms with Crippen LogP contribution >= 0.6 is 0 Å². The minimum absolute atomic E-state index is 0.0379. The van der Waals surface area contributed by atoms with Crippen LogP contribution in [-0.2, 0) is 4.74 Å². The van der Waals surface area contributed by atoms with Gasteiger partial charge in [-0.2, -0.15) is 0 Å². The van der Waals surface area contributed by atoms with Gasteiger partial charge in [-0.15, -0.1) is 0 Å². The van der Waals surface area contributed by atoms with Crippen molar-refractivity contribution in [2.75, 3.05) is 6.61 Å². The Kier molecular flexibility index (Phi) is 4.98. The average molecular weight is 298 g/mol. The van der Waals surface area contributed by atoms with Crippen molar-refractivity contribution in [2.24, 2.45) is 4.99 Å². The maximum Gasteiger partial charge on any atom is 0.338 e. The summed E-state index contributed by atoms with van der Waals surface area (Å²) in [6.45, 7) is 2.08. The van der Waals surface area contributed by atoms with Gasteiger partial charge in [0, 0.05) is 18.3 Å². The predicted octanol–water partition coefficient (Wildman–Crippen LogP) is 3.52. The first-order chi connectivity index (χ1) is 10.6. The highest BCUT2D eigenvalue weighted by molar-refractivity contribution is 5.90. The van der Waals surface area contributed by atoms with Gasteiger partial charge in [0.2, 0.25) is 0 Å². The fourth-order valence-electron chi connectivity index (χ4n) is 1.73. The number of aliphatic imine (C=N–C) groups is 1. The Labute approximate surface area is 127 Å². The molecule has 0 aliphatic rings. The van der Waals surface area contributed by atoms with E-state index >= 15 is 0 Å². The number of hydrogen-bond acceptors (Lipinski definition) is 5. The van der Waals surface area contributed by atoms with Gasteiger partial charge in [0.1, 0.15) is 0 Å². The molecule has 112 valence electrons. The Morgan fingerprint density at radius 2 is 1.82 bits per heavy atom. The zero-order valence-electron chi connectivity index (χ0n) is 11.9. The molecule has 0 saturated carbocycles. The Morgan fingerprint density at radius 3 is 2.36 bits per heavy atom. The van der Waals surface area contributed by atoms with E-state index in [2.05, 4.69) is 4.99 Å². The Hall–Kier alpha value is -3.02. The summed E-state index contributed by atoms with van der Waals surface area (Å²) >= 11 is 0. The van der Waals surface area contributed by atoms with E-state index < -0.39 is 4.92 Å². The maximum absolute atomic E-state index is 11.5. The number of carbonyl (C=O) groups excluding carboxylic acids is 1. The van der Waals surface area contributed by atoms with Crippen LogP contribution in [0.1, 0.15) is 22.8 Å². The number of benzene rings is 2. The first kappa shape index (κ1) is 15.4. The molecule has 2 aromatic rings. The SMILES string of the molecule is CCOC(=O)c1ccc(/N=C/c2ccc([N+](=O)[O-])cc2)cc1. The van der Waals surface area contributed by atoms with Crippen molar-refractivity contribution < 1.29 is 14.5 Å². The molecule has 6 heteroatoms. The van der Waals surface area contributed by atoms with Gasteiger partial charge >= 0.3 is 5.97 Å². The molecule has 0 aromatic heterocycles. The van der Waals surface area contributed by atoms with Crippen LogP contribution in [0.5, 0.6) is 0 Å². The second-order valence-electron chi connectivity index (χ2n) is 4.37. The van der Waals surface area contributed by atoms with Crippen molar-refractivity contribution >= 4 is 23.6 Å². The Balaban J connectivity index is 2.06. The zero-order chi connectivity index (χ0) is 15.9. The molecule has 0 spiro atoms. The van der Waals surface area contributed by atoms with Gasteiger partial charge in [-0.25, -0.2) is 4.79 Å². The third-order valence-electron chi connectivity index (χ3n) is 2.85. The minimum Gasteiger partial charge on any atom is -0.462 e. The summed E-state index contributed by atoms with van der Waals surface area (Å²) in [5.41, 5.74) is 1.93. The number of nitrogens with zero attached hydrogens (tertiary/aromatic N) is 2. The number of ether oxygens (including phenoxy) is 1. The van der Waals surface area contributed by atoms with E-state index in [1.165, 1.54) is 12.1 Å². The standard InChI is InChI=1S/C16H14N2O4/c1-2-22-16(19)13-5-7-14(8-6-13)17-11-12-3-9-15(10-4-12)18(20)21/h3-11H,2H2,1H3/b17-11+. The van der Waals surface area contributed by atoms with Gasteiger partial charge in [0.25, 0.3) is 5.69 Å². The van der Waals surface area contributed by atoms with Gasteiger partial charge in [-0.3, -0.25) is 15.1 Å². The fourth-order valence-corrected chi connectivity index (χ4v) is 1.73. The molecule has 0 radical (unpaired) electrons. The molecule has 22 heavy (non-hydrogen) atoms. The number of carbonyl (C=O) groups is 1. The van der Waals surface area contributed by atoms with Crippen LogP contribution in [0.4, 0.5) is 11.4 Å². The van der Waals surface area contributed by atoms with E-state index in [4.69, 9.17) is 4.74 Å². The molecule has 0 N–H and O–H groups in total. The number of nitro benzene ring substituents is 1. The van der Waals surface area contributed by atoms with E-state index in [0.29, 0.717) is 17.9 Å². The van der Waals surface area contributed by atoms with E-state index in [0.717, 1.165) is 5.56 Å². The maximum atomic E-state index is 11.5. The zero-order valence-corrected chi connectivity index (χ0v) is 11.9. The summed E-state index contributed by atoms with van der Waals surface area (Å²) < 4.78 is 4.90. The highest BCUT2D eigenvalue weighted by atomic mass is 16.6. The van der Waals surface area contributed by atoms with Crippen molar-refractivity contribution in [3.8, 4) is 0 Å². The second kappa shape index (κ2) is 7.12. The van der Waals surface area contributed by atoms with Crippen LogP contribution < -0.4 is 0 Å². The summed E-state index contributed by atoms with van der Waals surface area (Å²) in [6, 6.07) is 12.8. The van der Waals surface area contributed by atoms with Crippen LogP contribution in [0, 0.1) is 10.1 Å². The topological polar surface area (TPSA) is 81.8 Å². The van der Waals surface area contributed by atoms with Gasteiger partial charge in [-0.05, 0) is 48.9 Å². The lowest BCUT2D eigenvalue weighted by Gasteiger charge is -2.01. The van der Waals surface area contributed by atoms with Crippen LogP contribution in [-0.4, -0.2) is 23.7 Å². The average Bonchev–Trinajstić information content (AvgIpc) is 2.54. The monoisotopic (exact) mass is 298 g/mol. The number of non-ortho nitro benzene ring substituents is 1. The molecule has 0 heterocycles. The lowest BCUT2D eigenvalue weighted by Crippen LogP contribution is -2.03. The molecule has 0 bridgehead atoms. The largest absolute Gasteiger partial charge is 0.462 e. The van der Waals surface area contributed by atoms with Gasteiger partial charge in [0.05, 0.1) is 22.8 Å². The quantitative estimate of drug-likeness (QED) is 0.366. The molecule has 0 saturated heterocycles. The summed E-state index contributed by atoms with van der Waals surface area (Å²) in [5.74, 6) is -0.367. The van der Waals surface area contributed by atoms with Crippen LogP contribution in [0.25, 0.3) is 0 Å². The number of rotatable bonds is 5. The summed E-state index contributed by atoms with van der Waals surface area (Å²) in [4.78, 5) is 25.9. The summed E-state index contributed by atoms with van der Waals surface area (Å²) in [5, 5.41) is 10.6. The van der Waals surface area contributed by atoms with Crippen molar-refractivity contribution in [3.05, 3.63) is 69.8 Å². The molecule has 0 unspecified atom stereocenters. The number of esters is 1. The third kappa shape index (κ3) is 3.99. The van der Waals surface area contributed by atoms with Gasteiger partial charge in [0.15, 0.2) is 0 Å². The summed E-state index contributed by atoms with van der Waals surface area (Å²) in [6.07, 6.45) is 1.60. The molecule has 0 aliphatic carbocycles. The number of nitro groups is 1. The first-order valence-corrected chi connectivity index (χ1v) is 6.66. The van der Waals surface area contributed by atoms with Crippen molar-refractivity contribution in [3.63, 3.8) is 0 Å². The highest BCUT2D eigenvalue weighted by Crippen LogP contribution is 2.15. The lowest BCUT2D eigenvalue weighted by molar-refractivity contribution is -0.384.